The molecule has 1 nitrogen and oxygen atoms in total. The van der Waals surface area contributed by atoms with Crippen LogP contribution in [0.3, 0.4) is 0 Å². The first-order chi connectivity index (χ1) is 8.49. The Labute approximate surface area is 123 Å². The lowest BCUT2D eigenvalue weighted by atomic mass is 10.1. The summed E-state index contributed by atoms with van der Waals surface area (Å²) in [6.07, 6.45) is -0.288. The van der Waals surface area contributed by atoms with Gasteiger partial charge in [0.1, 0.15) is 11.6 Å². The van der Waals surface area contributed by atoms with Crippen molar-refractivity contribution < 1.29 is 13.6 Å². The Morgan fingerprint density at radius 3 is 2.61 bits per heavy atom. The standard InChI is InChI=1S/C12H6Br2F2OS/c13-6-3-11(18-5-6)10(17)4-7-9(15)2-1-8(14)12(7)16/h1-3,5H,4H2. The highest BCUT2D eigenvalue weighted by atomic mass is 79.9. The number of ketones is 1. The Balaban J connectivity index is 2.30. The number of halogens is 4. The summed E-state index contributed by atoms with van der Waals surface area (Å²) in [6, 6.07) is 4.06. The molecule has 2 aromatic rings. The second-order valence-corrected chi connectivity index (χ2v) is 6.23. The van der Waals surface area contributed by atoms with E-state index in [9.17, 15) is 13.6 Å². The van der Waals surface area contributed by atoms with Gasteiger partial charge in [0.25, 0.3) is 0 Å². The van der Waals surface area contributed by atoms with Crippen LogP contribution in [-0.2, 0) is 6.42 Å². The van der Waals surface area contributed by atoms with Gasteiger partial charge in [0, 0.05) is 21.8 Å². The molecule has 1 heterocycles. The van der Waals surface area contributed by atoms with E-state index in [4.69, 9.17) is 0 Å². The molecular formula is C12H6Br2F2OS. The van der Waals surface area contributed by atoms with Crippen LogP contribution < -0.4 is 0 Å². The third-order valence-corrected chi connectivity index (χ3v) is 4.66. The summed E-state index contributed by atoms with van der Waals surface area (Å²) in [7, 11) is 0. The van der Waals surface area contributed by atoms with Crippen LogP contribution in [0, 0.1) is 11.6 Å². The summed E-state index contributed by atoms with van der Waals surface area (Å²) in [6.45, 7) is 0. The SMILES string of the molecule is O=C(Cc1c(F)ccc(Br)c1F)c1cc(Br)cs1. The molecule has 0 saturated carbocycles. The smallest absolute Gasteiger partial charge is 0.177 e. The zero-order valence-corrected chi connectivity index (χ0v) is 12.8. The van der Waals surface area contributed by atoms with Gasteiger partial charge in [-0.25, -0.2) is 8.78 Å². The first kappa shape index (κ1) is 13.8. The highest BCUT2D eigenvalue weighted by molar-refractivity contribution is 9.10. The quantitative estimate of drug-likeness (QED) is 0.529. The van der Waals surface area contributed by atoms with Crippen molar-refractivity contribution in [1.29, 1.82) is 0 Å². The van der Waals surface area contributed by atoms with Gasteiger partial charge >= 0.3 is 0 Å². The van der Waals surface area contributed by atoms with Gasteiger partial charge < -0.3 is 0 Å². The monoisotopic (exact) mass is 394 g/mol. The molecule has 0 fully saturated rings. The minimum Gasteiger partial charge on any atom is -0.293 e. The maximum atomic E-state index is 13.7. The maximum Gasteiger partial charge on any atom is 0.177 e. The van der Waals surface area contributed by atoms with Crippen LogP contribution in [0.5, 0.6) is 0 Å². The second-order valence-electron chi connectivity index (χ2n) is 3.55. The lowest BCUT2D eigenvalue weighted by molar-refractivity contribution is 0.0994. The lowest BCUT2D eigenvalue weighted by Gasteiger charge is -2.05. The zero-order valence-electron chi connectivity index (χ0n) is 8.84. The summed E-state index contributed by atoms with van der Waals surface area (Å²) < 4.78 is 28.1. The second kappa shape index (κ2) is 5.59. The van der Waals surface area contributed by atoms with Crippen LogP contribution in [0.4, 0.5) is 8.78 Å². The Morgan fingerprint density at radius 2 is 2.00 bits per heavy atom. The average Bonchev–Trinajstić information content (AvgIpc) is 2.76. The highest BCUT2D eigenvalue weighted by Gasteiger charge is 2.17. The van der Waals surface area contributed by atoms with E-state index in [1.54, 1.807) is 11.4 Å². The number of Topliss-reactive ketones (excluding diaryl/α,β-unsaturated/α-hetero) is 1. The van der Waals surface area contributed by atoms with Gasteiger partial charge in [-0.1, -0.05) is 0 Å². The molecule has 18 heavy (non-hydrogen) atoms. The summed E-state index contributed by atoms with van der Waals surface area (Å²) in [5.74, 6) is -1.74. The van der Waals surface area contributed by atoms with Crippen LogP contribution in [0.1, 0.15) is 15.2 Å². The van der Waals surface area contributed by atoms with Gasteiger partial charge in [-0.2, -0.15) is 0 Å². The normalized spacial score (nSPS) is 10.7. The molecule has 0 atom stereocenters. The minimum absolute atomic E-state index is 0.152. The summed E-state index contributed by atoms with van der Waals surface area (Å²) in [5.41, 5.74) is -0.209. The molecule has 0 N–H and O–H groups in total. The number of hydrogen-bond acceptors (Lipinski definition) is 2. The van der Waals surface area contributed by atoms with Crippen LogP contribution in [0.25, 0.3) is 0 Å². The van der Waals surface area contributed by atoms with Gasteiger partial charge in [-0.15, -0.1) is 11.3 Å². The van der Waals surface area contributed by atoms with E-state index < -0.39 is 11.6 Å². The van der Waals surface area contributed by atoms with E-state index in [2.05, 4.69) is 31.9 Å². The molecule has 1 aromatic heterocycles. The van der Waals surface area contributed by atoms with Crippen molar-refractivity contribution in [3.05, 3.63) is 54.6 Å². The van der Waals surface area contributed by atoms with Gasteiger partial charge in [0.15, 0.2) is 5.78 Å². The summed E-state index contributed by atoms with van der Waals surface area (Å²) in [4.78, 5) is 12.4. The van der Waals surface area contributed by atoms with Crippen molar-refractivity contribution >= 4 is 49.0 Å². The van der Waals surface area contributed by atoms with Gasteiger partial charge in [-0.05, 0) is 50.1 Å². The number of benzene rings is 1. The lowest BCUT2D eigenvalue weighted by Crippen LogP contribution is -2.06. The van der Waals surface area contributed by atoms with E-state index in [-0.39, 0.29) is 22.2 Å². The van der Waals surface area contributed by atoms with E-state index in [1.165, 1.54) is 17.4 Å². The Morgan fingerprint density at radius 1 is 1.28 bits per heavy atom. The van der Waals surface area contributed by atoms with E-state index >= 15 is 0 Å². The molecule has 0 saturated heterocycles. The number of carbonyl (C=O) groups excluding carboxylic acids is 1. The first-order valence-electron chi connectivity index (χ1n) is 4.88. The Bertz CT molecular complexity index is 610. The minimum atomic E-state index is -0.723. The molecule has 94 valence electrons. The maximum absolute atomic E-state index is 13.7. The topological polar surface area (TPSA) is 17.1 Å². The fourth-order valence-corrected chi connectivity index (χ4v) is 3.18. The fourth-order valence-electron chi connectivity index (χ4n) is 1.44. The Hall–Kier alpha value is -0.590. The molecular weight excluding hydrogens is 390 g/mol. The van der Waals surface area contributed by atoms with Gasteiger partial charge in [0.2, 0.25) is 0 Å². The molecule has 0 aliphatic carbocycles. The molecule has 0 bridgehead atoms. The zero-order chi connectivity index (χ0) is 13.3. The highest BCUT2D eigenvalue weighted by Crippen LogP contribution is 2.25. The molecule has 6 heteroatoms. The predicted octanol–water partition coefficient (Wildman–Crippen LogP) is 4.98. The molecule has 0 aliphatic rings. The van der Waals surface area contributed by atoms with Crippen molar-refractivity contribution in [1.82, 2.24) is 0 Å². The summed E-state index contributed by atoms with van der Waals surface area (Å²) in [5, 5.41) is 1.75. The van der Waals surface area contributed by atoms with Gasteiger partial charge in [0.05, 0.1) is 9.35 Å². The van der Waals surface area contributed by atoms with E-state index in [0.717, 1.165) is 10.5 Å². The van der Waals surface area contributed by atoms with Crippen molar-refractivity contribution in [2.75, 3.05) is 0 Å². The third-order valence-electron chi connectivity index (χ3n) is 2.32. The Kier molecular flexibility index (Phi) is 4.29. The predicted molar refractivity (Wildman–Crippen MR) is 74.1 cm³/mol. The molecule has 2 rings (SSSR count). The van der Waals surface area contributed by atoms with Crippen molar-refractivity contribution in [2.45, 2.75) is 6.42 Å². The van der Waals surface area contributed by atoms with Crippen LogP contribution in [0.15, 0.2) is 32.5 Å². The van der Waals surface area contributed by atoms with Crippen molar-refractivity contribution in [3.8, 4) is 0 Å². The van der Waals surface area contributed by atoms with Crippen LogP contribution in [-0.4, -0.2) is 5.78 Å². The average molecular weight is 396 g/mol. The van der Waals surface area contributed by atoms with E-state index in [1.807, 2.05) is 0 Å². The molecule has 0 radical (unpaired) electrons. The summed E-state index contributed by atoms with van der Waals surface area (Å²) >= 11 is 7.44. The van der Waals surface area contributed by atoms with Gasteiger partial charge in [-0.3, -0.25) is 4.79 Å². The fraction of sp³-hybridized carbons (Fsp3) is 0.0833. The number of hydrogen-bond donors (Lipinski definition) is 0. The largest absolute Gasteiger partial charge is 0.293 e. The van der Waals surface area contributed by atoms with Crippen LogP contribution >= 0.6 is 43.2 Å². The molecule has 0 amide bonds. The van der Waals surface area contributed by atoms with Crippen molar-refractivity contribution in [2.24, 2.45) is 0 Å². The van der Waals surface area contributed by atoms with Crippen molar-refractivity contribution in [3.63, 3.8) is 0 Å². The number of carbonyl (C=O) groups is 1. The number of rotatable bonds is 3. The molecule has 0 spiro atoms. The van der Waals surface area contributed by atoms with Crippen LogP contribution in [0.2, 0.25) is 0 Å². The molecule has 0 aliphatic heterocycles. The molecule has 0 unspecified atom stereocenters. The van der Waals surface area contributed by atoms with E-state index in [0.29, 0.717) is 4.88 Å². The number of thiophene rings is 1. The molecule has 1 aromatic carbocycles. The first-order valence-corrected chi connectivity index (χ1v) is 7.35. The third kappa shape index (κ3) is 2.87.